The molecule has 1 amide bonds. The Balaban J connectivity index is 1.69. The van der Waals surface area contributed by atoms with Crippen LogP contribution in [0.1, 0.15) is 0 Å². The van der Waals surface area contributed by atoms with Gasteiger partial charge in [-0.1, -0.05) is 46.9 Å². The minimum Gasteiger partial charge on any atom is -0.324 e. The average molecular weight is 502 g/mol. The molecule has 0 aromatic heterocycles. The van der Waals surface area contributed by atoms with Crippen LogP contribution in [0.2, 0.25) is 15.1 Å². The first-order chi connectivity index (χ1) is 14.2. The second-order valence-corrected chi connectivity index (χ2v) is 10.00. The van der Waals surface area contributed by atoms with E-state index >= 15 is 0 Å². The first-order valence-electron chi connectivity index (χ1n) is 8.50. The Kier molecular flexibility index (Phi) is 7.55. The average Bonchev–Trinajstić information content (AvgIpc) is 2.69. The number of halogens is 3. The van der Waals surface area contributed by atoms with Crippen LogP contribution in [-0.4, -0.2) is 20.1 Å². The molecule has 5 nitrogen and oxygen atoms in total. The van der Waals surface area contributed by atoms with Gasteiger partial charge in [-0.2, -0.15) is 0 Å². The molecule has 0 aliphatic heterocycles. The van der Waals surface area contributed by atoms with Crippen LogP contribution in [0, 0.1) is 0 Å². The van der Waals surface area contributed by atoms with E-state index in [9.17, 15) is 13.2 Å². The summed E-state index contributed by atoms with van der Waals surface area (Å²) in [5, 5.41) is 3.94. The van der Waals surface area contributed by atoms with Crippen molar-refractivity contribution < 1.29 is 13.2 Å². The summed E-state index contributed by atoms with van der Waals surface area (Å²) in [6, 6.07) is 17.4. The number of rotatable bonds is 7. The Bertz CT molecular complexity index is 1170. The van der Waals surface area contributed by atoms with Crippen molar-refractivity contribution in [2.45, 2.75) is 9.79 Å². The maximum Gasteiger partial charge on any atom is 0.261 e. The lowest BCUT2D eigenvalue weighted by molar-refractivity contribution is -0.113. The predicted octanol–water partition coefficient (Wildman–Crippen LogP) is 6.18. The van der Waals surface area contributed by atoms with Gasteiger partial charge >= 0.3 is 0 Å². The van der Waals surface area contributed by atoms with E-state index in [0.29, 0.717) is 31.3 Å². The summed E-state index contributed by atoms with van der Waals surface area (Å²) < 4.78 is 27.8. The second kappa shape index (κ2) is 9.94. The molecule has 0 aliphatic carbocycles. The van der Waals surface area contributed by atoms with E-state index < -0.39 is 10.0 Å². The molecular weight excluding hydrogens is 487 g/mol. The minimum atomic E-state index is -3.80. The van der Waals surface area contributed by atoms with Crippen LogP contribution in [0.4, 0.5) is 11.4 Å². The SMILES string of the molecule is O=C(CSc1ccccc1NS(=O)(=O)c1ccc(Cl)cc1)Nc1ccc(Cl)cc1Cl. The number of sulfonamides is 1. The Morgan fingerprint density at radius 2 is 1.53 bits per heavy atom. The normalized spacial score (nSPS) is 11.2. The Morgan fingerprint density at radius 1 is 0.867 bits per heavy atom. The number of hydrogen-bond acceptors (Lipinski definition) is 4. The molecule has 0 bridgehead atoms. The summed E-state index contributed by atoms with van der Waals surface area (Å²) in [5.41, 5.74) is 0.818. The van der Waals surface area contributed by atoms with E-state index in [0.717, 1.165) is 0 Å². The van der Waals surface area contributed by atoms with Gasteiger partial charge in [-0.25, -0.2) is 8.42 Å². The van der Waals surface area contributed by atoms with Crippen LogP contribution >= 0.6 is 46.6 Å². The first-order valence-corrected chi connectivity index (χ1v) is 12.1. The highest BCUT2D eigenvalue weighted by atomic mass is 35.5. The lowest BCUT2D eigenvalue weighted by atomic mass is 10.3. The molecule has 0 atom stereocenters. The maximum absolute atomic E-state index is 12.6. The van der Waals surface area contributed by atoms with Crippen LogP contribution < -0.4 is 10.0 Å². The number of carbonyl (C=O) groups excluding carboxylic acids is 1. The Morgan fingerprint density at radius 3 is 2.23 bits per heavy atom. The van der Waals surface area contributed by atoms with E-state index in [1.165, 1.54) is 42.1 Å². The van der Waals surface area contributed by atoms with Gasteiger partial charge in [0.15, 0.2) is 0 Å². The van der Waals surface area contributed by atoms with Gasteiger partial charge in [-0.15, -0.1) is 11.8 Å². The number of amides is 1. The molecule has 0 unspecified atom stereocenters. The van der Waals surface area contributed by atoms with Gasteiger partial charge in [0.1, 0.15) is 0 Å². The zero-order chi connectivity index (χ0) is 21.7. The summed E-state index contributed by atoms with van der Waals surface area (Å²) in [4.78, 5) is 13.0. The van der Waals surface area contributed by atoms with Gasteiger partial charge in [0.2, 0.25) is 5.91 Å². The number of para-hydroxylation sites is 1. The Hall–Kier alpha value is -1.90. The lowest BCUT2D eigenvalue weighted by Crippen LogP contribution is -2.15. The number of benzene rings is 3. The Labute approximate surface area is 193 Å². The van der Waals surface area contributed by atoms with Crippen molar-refractivity contribution in [1.82, 2.24) is 0 Å². The largest absolute Gasteiger partial charge is 0.324 e. The summed E-state index contributed by atoms with van der Waals surface area (Å²) in [6.45, 7) is 0. The number of thioether (sulfide) groups is 1. The van der Waals surface area contributed by atoms with Crippen molar-refractivity contribution in [1.29, 1.82) is 0 Å². The molecule has 0 radical (unpaired) electrons. The highest BCUT2D eigenvalue weighted by molar-refractivity contribution is 8.00. The van der Waals surface area contributed by atoms with Crippen LogP contribution in [-0.2, 0) is 14.8 Å². The number of nitrogens with one attached hydrogen (secondary N) is 2. The topological polar surface area (TPSA) is 75.3 Å². The lowest BCUT2D eigenvalue weighted by Gasteiger charge is -2.13. The quantitative estimate of drug-likeness (QED) is 0.379. The molecule has 10 heteroatoms. The van der Waals surface area contributed by atoms with Crippen molar-refractivity contribution in [2.24, 2.45) is 0 Å². The van der Waals surface area contributed by atoms with E-state index in [1.807, 2.05) is 0 Å². The van der Waals surface area contributed by atoms with Crippen molar-refractivity contribution in [3.05, 3.63) is 81.8 Å². The van der Waals surface area contributed by atoms with E-state index in [1.54, 1.807) is 36.4 Å². The van der Waals surface area contributed by atoms with Gasteiger partial charge in [-0.3, -0.25) is 9.52 Å². The van der Waals surface area contributed by atoms with Crippen molar-refractivity contribution in [3.63, 3.8) is 0 Å². The third-order valence-corrected chi connectivity index (χ3v) is 7.07. The van der Waals surface area contributed by atoms with Crippen LogP contribution in [0.3, 0.4) is 0 Å². The monoisotopic (exact) mass is 500 g/mol. The molecule has 3 rings (SSSR count). The highest BCUT2D eigenvalue weighted by Crippen LogP contribution is 2.30. The number of hydrogen-bond donors (Lipinski definition) is 2. The fourth-order valence-electron chi connectivity index (χ4n) is 2.41. The third kappa shape index (κ3) is 6.06. The number of carbonyl (C=O) groups is 1. The molecule has 0 aliphatic rings. The minimum absolute atomic E-state index is 0.0542. The maximum atomic E-state index is 12.6. The smallest absolute Gasteiger partial charge is 0.261 e. The van der Waals surface area contributed by atoms with Gasteiger partial charge in [0.05, 0.1) is 27.0 Å². The fraction of sp³-hybridized carbons (Fsp3) is 0.0500. The third-order valence-electron chi connectivity index (χ3n) is 3.82. The molecule has 0 saturated heterocycles. The zero-order valence-electron chi connectivity index (χ0n) is 15.2. The van der Waals surface area contributed by atoms with Crippen molar-refractivity contribution in [2.75, 3.05) is 15.8 Å². The van der Waals surface area contributed by atoms with E-state index in [2.05, 4.69) is 10.0 Å². The molecule has 2 N–H and O–H groups in total. The molecule has 0 spiro atoms. The standard InChI is InChI=1S/C20H15Cl3N2O3S2/c21-13-5-8-15(9-6-13)30(27,28)25-18-3-1-2-4-19(18)29-12-20(26)24-17-10-7-14(22)11-16(17)23/h1-11,25H,12H2,(H,24,26). The van der Waals surface area contributed by atoms with Gasteiger partial charge in [0, 0.05) is 14.9 Å². The zero-order valence-corrected chi connectivity index (χ0v) is 19.1. The summed E-state index contributed by atoms with van der Waals surface area (Å²) in [7, 11) is -3.80. The summed E-state index contributed by atoms with van der Waals surface area (Å²) >= 11 is 18.9. The highest BCUT2D eigenvalue weighted by Gasteiger charge is 2.17. The van der Waals surface area contributed by atoms with Gasteiger partial charge in [-0.05, 0) is 54.6 Å². The van der Waals surface area contributed by atoms with Crippen molar-refractivity contribution in [3.8, 4) is 0 Å². The molecule has 3 aromatic carbocycles. The van der Waals surface area contributed by atoms with Gasteiger partial charge in [0.25, 0.3) is 10.0 Å². The van der Waals surface area contributed by atoms with Crippen LogP contribution in [0.15, 0.2) is 76.5 Å². The summed E-state index contributed by atoms with van der Waals surface area (Å²) in [6.07, 6.45) is 0. The predicted molar refractivity (Wildman–Crippen MR) is 125 cm³/mol. The van der Waals surface area contributed by atoms with E-state index in [-0.39, 0.29) is 16.6 Å². The molecule has 156 valence electrons. The van der Waals surface area contributed by atoms with Crippen molar-refractivity contribution >= 4 is 73.9 Å². The molecule has 0 fully saturated rings. The van der Waals surface area contributed by atoms with Gasteiger partial charge < -0.3 is 5.32 Å². The fourth-order valence-corrected chi connectivity index (χ4v) is 4.95. The molecule has 30 heavy (non-hydrogen) atoms. The first kappa shape index (κ1) is 22.8. The molecular formula is C20H15Cl3N2O3S2. The van der Waals surface area contributed by atoms with E-state index in [4.69, 9.17) is 34.8 Å². The molecule has 3 aromatic rings. The van der Waals surface area contributed by atoms with Crippen LogP contribution in [0.25, 0.3) is 0 Å². The second-order valence-electron chi connectivity index (χ2n) is 6.02. The molecule has 0 heterocycles. The van der Waals surface area contributed by atoms with Crippen LogP contribution in [0.5, 0.6) is 0 Å². The number of anilines is 2. The molecule has 0 saturated carbocycles. The summed E-state index contributed by atoms with van der Waals surface area (Å²) in [5.74, 6) is -0.238.